The minimum Gasteiger partial charge on any atom is -0.368 e. The third-order valence-electron chi connectivity index (χ3n) is 6.58. The van der Waals surface area contributed by atoms with Gasteiger partial charge < -0.3 is 25.8 Å². The molecule has 0 radical (unpaired) electrons. The van der Waals surface area contributed by atoms with E-state index in [9.17, 15) is 9.59 Å². The van der Waals surface area contributed by atoms with Crippen molar-refractivity contribution in [1.29, 1.82) is 0 Å². The van der Waals surface area contributed by atoms with E-state index in [0.717, 1.165) is 42.9 Å². The molecular formula is C30H36ClN5O2. The monoisotopic (exact) mass is 533 g/mol. The summed E-state index contributed by atoms with van der Waals surface area (Å²) in [6, 6.07) is 23.6. The molecule has 1 aliphatic heterocycles. The Morgan fingerprint density at radius 1 is 0.895 bits per heavy atom. The molecule has 0 aliphatic carbocycles. The van der Waals surface area contributed by atoms with Gasteiger partial charge in [-0.3, -0.25) is 4.79 Å². The van der Waals surface area contributed by atoms with E-state index < -0.39 is 0 Å². The lowest BCUT2D eigenvalue weighted by Crippen LogP contribution is -2.42. The quantitative estimate of drug-likeness (QED) is 0.309. The zero-order chi connectivity index (χ0) is 26.7. The van der Waals surface area contributed by atoms with Crippen molar-refractivity contribution >= 4 is 40.6 Å². The first-order valence-corrected chi connectivity index (χ1v) is 13.7. The van der Waals surface area contributed by atoms with Crippen molar-refractivity contribution in [1.82, 2.24) is 15.5 Å². The lowest BCUT2D eigenvalue weighted by atomic mass is 10.1. The molecule has 3 N–H and O–H groups in total. The maximum absolute atomic E-state index is 13.0. The summed E-state index contributed by atoms with van der Waals surface area (Å²) < 4.78 is 0. The van der Waals surface area contributed by atoms with Crippen LogP contribution in [0, 0.1) is 0 Å². The van der Waals surface area contributed by atoms with Crippen LogP contribution in [-0.4, -0.2) is 56.1 Å². The summed E-state index contributed by atoms with van der Waals surface area (Å²) >= 11 is 6.23. The van der Waals surface area contributed by atoms with Crippen molar-refractivity contribution in [2.45, 2.75) is 26.2 Å². The molecule has 1 saturated heterocycles. The third-order valence-corrected chi connectivity index (χ3v) is 6.82. The maximum Gasteiger partial charge on any atom is 0.317 e. The standard InChI is InChI=1S/C30H36ClN5O2/c1-2-32-30(38)36-18-8-17-35(19-20-36)28-15-14-24(21-27(28)34-26-13-6-12-25(31)22-26)29(37)33-16-7-11-23-9-4-3-5-10-23/h3-6,9-10,12-15,21-22,34H,2,7-8,11,16-20H2,1H3,(H,32,38)(H,33,37). The van der Waals surface area contributed by atoms with Gasteiger partial charge in [-0.2, -0.15) is 0 Å². The van der Waals surface area contributed by atoms with Gasteiger partial charge in [-0.15, -0.1) is 0 Å². The molecule has 4 rings (SSSR count). The van der Waals surface area contributed by atoms with Gasteiger partial charge in [0, 0.05) is 55.5 Å². The number of carbonyl (C=O) groups excluding carboxylic acids is 2. The summed E-state index contributed by atoms with van der Waals surface area (Å²) in [5, 5.41) is 10.1. The Kier molecular flexibility index (Phi) is 9.87. The van der Waals surface area contributed by atoms with Crippen LogP contribution in [0.1, 0.15) is 35.7 Å². The van der Waals surface area contributed by atoms with Crippen molar-refractivity contribution in [3.8, 4) is 0 Å². The van der Waals surface area contributed by atoms with Crippen molar-refractivity contribution in [2.75, 3.05) is 49.5 Å². The highest BCUT2D eigenvalue weighted by Crippen LogP contribution is 2.32. The fourth-order valence-corrected chi connectivity index (χ4v) is 4.83. The highest BCUT2D eigenvalue weighted by Gasteiger charge is 2.21. The van der Waals surface area contributed by atoms with Crippen LogP contribution >= 0.6 is 11.6 Å². The number of hydrogen-bond acceptors (Lipinski definition) is 4. The minimum atomic E-state index is -0.1000. The van der Waals surface area contributed by atoms with Gasteiger partial charge in [0.15, 0.2) is 0 Å². The summed E-state index contributed by atoms with van der Waals surface area (Å²) in [5.41, 5.74) is 4.52. The molecule has 3 aromatic rings. The number of aryl methyl sites for hydroxylation is 1. The van der Waals surface area contributed by atoms with E-state index in [0.29, 0.717) is 43.3 Å². The van der Waals surface area contributed by atoms with Crippen molar-refractivity contribution < 1.29 is 9.59 Å². The molecule has 7 nitrogen and oxygen atoms in total. The van der Waals surface area contributed by atoms with E-state index in [2.05, 4.69) is 33.0 Å². The Balaban J connectivity index is 1.48. The van der Waals surface area contributed by atoms with Gasteiger partial charge in [-0.25, -0.2) is 4.79 Å². The van der Waals surface area contributed by atoms with Crippen molar-refractivity contribution in [3.63, 3.8) is 0 Å². The second-order valence-corrected chi connectivity index (χ2v) is 9.81. The molecule has 3 amide bonds. The highest BCUT2D eigenvalue weighted by atomic mass is 35.5. The summed E-state index contributed by atoms with van der Waals surface area (Å²) in [5.74, 6) is -0.1000. The molecule has 0 saturated carbocycles. The number of anilines is 3. The number of rotatable bonds is 9. The Labute approximate surface area is 230 Å². The van der Waals surface area contributed by atoms with Gasteiger partial charge in [0.1, 0.15) is 0 Å². The number of carbonyl (C=O) groups is 2. The van der Waals surface area contributed by atoms with Crippen LogP contribution < -0.4 is 20.9 Å². The van der Waals surface area contributed by atoms with Crippen LogP contribution in [0.4, 0.5) is 21.9 Å². The summed E-state index contributed by atoms with van der Waals surface area (Å²) in [7, 11) is 0. The smallest absolute Gasteiger partial charge is 0.317 e. The van der Waals surface area contributed by atoms with E-state index in [1.807, 2.05) is 72.5 Å². The van der Waals surface area contributed by atoms with Gasteiger partial charge in [-0.05, 0) is 68.1 Å². The number of urea groups is 1. The van der Waals surface area contributed by atoms with Gasteiger partial charge >= 0.3 is 6.03 Å². The molecular weight excluding hydrogens is 498 g/mol. The molecule has 1 heterocycles. The number of hydrogen-bond donors (Lipinski definition) is 3. The average Bonchev–Trinajstić information content (AvgIpc) is 3.18. The molecule has 1 aliphatic rings. The van der Waals surface area contributed by atoms with Crippen LogP contribution in [0.2, 0.25) is 5.02 Å². The zero-order valence-electron chi connectivity index (χ0n) is 21.9. The zero-order valence-corrected chi connectivity index (χ0v) is 22.6. The predicted molar refractivity (Wildman–Crippen MR) is 156 cm³/mol. The second kappa shape index (κ2) is 13.7. The lowest BCUT2D eigenvalue weighted by Gasteiger charge is -2.27. The molecule has 0 unspecified atom stereocenters. The lowest BCUT2D eigenvalue weighted by molar-refractivity contribution is 0.0953. The van der Waals surface area contributed by atoms with E-state index in [1.54, 1.807) is 0 Å². The molecule has 0 atom stereocenters. The molecule has 0 aromatic heterocycles. The fourth-order valence-electron chi connectivity index (χ4n) is 4.64. The summed E-state index contributed by atoms with van der Waals surface area (Å²) in [4.78, 5) is 29.5. The van der Waals surface area contributed by atoms with E-state index >= 15 is 0 Å². The number of benzene rings is 3. The number of amides is 3. The number of halogens is 1. The first kappa shape index (κ1) is 27.3. The predicted octanol–water partition coefficient (Wildman–Crippen LogP) is 5.69. The third kappa shape index (κ3) is 7.65. The molecule has 1 fully saturated rings. The van der Waals surface area contributed by atoms with Crippen molar-refractivity contribution in [2.24, 2.45) is 0 Å². The van der Waals surface area contributed by atoms with Crippen molar-refractivity contribution in [3.05, 3.63) is 88.9 Å². The molecule has 3 aromatic carbocycles. The molecule has 8 heteroatoms. The second-order valence-electron chi connectivity index (χ2n) is 9.38. The maximum atomic E-state index is 13.0. The first-order valence-electron chi connectivity index (χ1n) is 13.3. The molecule has 38 heavy (non-hydrogen) atoms. The molecule has 0 spiro atoms. The number of nitrogens with one attached hydrogen (secondary N) is 3. The van der Waals surface area contributed by atoms with Crippen LogP contribution in [0.3, 0.4) is 0 Å². The molecule has 0 bridgehead atoms. The van der Waals surface area contributed by atoms with Crippen LogP contribution in [-0.2, 0) is 6.42 Å². The van der Waals surface area contributed by atoms with Gasteiger partial charge in [-0.1, -0.05) is 48.0 Å². The fraction of sp³-hybridized carbons (Fsp3) is 0.333. The normalized spacial score (nSPS) is 13.5. The minimum absolute atomic E-state index is 0.0223. The summed E-state index contributed by atoms with van der Waals surface area (Å²) in [6.07, 6.45) is 2.65. The van der Waals surface area contributed by atoms with Gasteiger partial charge in [0.25, 0.3) is 5.91 Å². The Morgan fingerprint density at radius 2 is 1.74 bits per heavy atom. The Bertz CT molecular complexity index is 1220. The largest absolute Gasteiger partial charge is 0.368 e. The van der Waals surface area contributed by atoms with E-state index in [1.165, 1.54) is 5.56 Å². The Hall–Kier alpha value is -3.71. The van der Waals surface area contributed by atoms with E-state index in [-0.39, 0.29) is 11.9 Å². The average molecular weight is 534 g/mol. The topological polar surface area (TPSA) is 76.7 Å². The van der Waals surface area contributed by atoms with Crippen LogP contribution in [0.15, 0.2) is 72.8 Å². The van der Waals surface area contributed by atoms with Gasteiger partial charge in [0.05, 0.1) is 11.4 Å². The SMILES string of the molecule is CCNC(=O)N1CCCN(c2ccc(C(=O)NCCCc3ccccc3)cc2Nc2cccc(Cl)c2)CC1. The Morgan fingerprint density at radius 3 is 2.53 bits per heavy atom. The first-order chi connectivity index (χ1) is 18.5. The van der Waals surface area contributed by atoms with Gasteiger partial charge in [0.2, 0.25) is 0 Å². The highest BCUT2D eigenvalue weighted by molar-refractivity contribution is 6.30. The van der Waals surface area contributed by atoms with Crippen LogP contribution in [0.25, 0.3) is 0 Å². The summed E-state index contributed by atoms with van der Waals surface area (Å²) in [6.45, 7) is 6.00. The number of nitrogens with zero attached hydrogens (tertiary/aromatic N) is 2. The van der Waals surface area contributed by atoms with E-state index in [4.69, 9.17) is 11.6 Å². The molecule has 200 valence electrons. The van der Waals surface area contributed by atoms with Crippen LogP contribution in [0.5, 0.6) is 0 Å².